The zero-order chi connectivity index (χ0) is 13.8. The molecule has 0 spiro atoms. The summed E-state index contributed by atoms with van der Waals surface area (Å²) in [5.74, 6) is 0. The maximum absolute atomic E-state index is 3.64. The fraction of sp³-hybridized carbons (Fsp3) is 0.385. The first kappa shape index (κ1) is 16.2. The summed E-state index contributed by atoms with van der Waals surface area (Å²) in [6.45, 7) is 3.25. The van der Waals surface area contributed by atoms with Crippen LogP contribution in [0.3, 0.4) is 0 Å². The lowest BCUT2D eigenvalue weighted by Crippen LogP contribution is -2.22. The largest absolute Gasteiger partial charge is 0.309 e. The minimum absolute atomic E-state index is 0.387. The average Bonchev–Trinajstić information content (AvgIpc) is 2.92. The summed E-state index contributed by atoms with van der Waals surface area (Å²) < 4.78 is 3.48. The Bertz CT molecular complexity index is 516. The van der Waals surface area contributed by atoms with E-state index in [4.69, 9.17) is 0 Å². The molecule has 0 aliphatic carbocycles. The Morgan fingerprint density at radius 3 is 2.58 bits per heavy atom. The lowest BCUT2D eigenvalue weighted by molar-refractivity contribution is 0.539. The fourth-order valence-electron chi connectivity index (χ4n) is 1.79. The molecule has 19 heavy (non-hydrogen) atoms. The van der Waals surface area contributed by atoms with Gasteiger partial charge >= 0.3 is 0 Å². The molecule has 0 amide bonds. The van der Waals surface area contributed by atoms with E-state index >= 15 is 0 Å². The van der Waals surface area contributed by atoms with E-state index in [0.717, 1.165) is 27.6 Å². The molecule has 2 aromatic rings. The molecule has 0 aromatic carbocycles. The van der Waals surface area contributed by atoms with Gasteiger partial charge in [0.05, 0.1) is 3.79 Å². The predicted molar refractivity (Wildman–Crippen MR) is 96.5 cm³/mol. The predicted octanol–water partition coefficient (Wildman–Crippen LogP) is 6.38. The summed E-state index contributed by atoms with van der Waals surface area (Å²) in [4.78, 5) is 2.78. The summed E-state index contributed by atoms with van der Waals surface area (Å²) in [6, 6.07) is 4.81. The average molecular weight is 488 g/mol. The molecule has 0 saturated heterocycles. The molecule has 2 heterocycles. The monoisotopic (exact) mass is 485 g/mol. The minimum atomic E-state index is 0.387. The van der Waals surface area contributed by atoms with E-state index in [9.17, 15) is 0 Å². The van der Waals surface area contributed by atoms with Crippen LogP contribution >= 0.6 is 70.5 Å². The second-order valence-electron chi connectivity index (χ2n) is 4.21. The molecule has 0 aliphatic rings. The SMILES string of the molecule is CCCNC(Cc1cc(Br)cs1)c1cc(Br)c(Br)s1. The summed E-state index contributed by atoms with van der Waals surface area (Å²) in [7, 11) is 0. The molecular weight excluding hydrogens is 474 g/mol. The Labute approximate surface area is 147 Å². The molecule has 0 fully saturated rings. The van der Waals surface area contributed by atoms with Crippen LogP contribution < -0.4 is 5.32 Å². The Kier molecular flexibility index (Phi) is 6.56. The van der Waals surface area contributed by atoms with Gasteiger partial charge in [-0.1, -0.05) is 6.92 Å². The molecule has 6 heteroatoms. The van der Waals surface area contributed by atoms with Gasteiger partial charge in [0.15, 0.2) is 0 Å². The van der Waals surface area contributed by atoms with E-state index in [-0.39, 0.29) is 0 Å². The van der Waals surface area contributed by atoms with Crippen molar-refractivity contribution in [2.24, 2.45) is 0 Å². The number of hydrogen-bond donors (Lipinski definition) is 1. The molecule has 1 atom stereocenters. The topological polar surface area (TPSA) is 12.0 Å². The highest BCUT2D eigenvalue weighted by molar-refractivity contribution is 9.13. The normalized spacial score (nSPS) is 12.8. The van der Waals surface area contributed by atoms with Crippen LogP contribution in [0, 0.1) is 0 Å². The van der Waals surface area contributed by atoms with Crippen molar-refractivity contribution in [2.45, 2.75) is 25.8 Å². The Hall–Kier alpha value is 0.800. The lowest BCUT2D eigenvalue weighted by atomic mass is 10.1. The van der Waals surface area contributed by atoms with E-state index in [0.29, 0.717) is 6.04 Å². The summed E-state index contributed by atoms with van der Waals surface area (Å²) in [5, 5.41) is 5.79. The van der Waals surface area contributed by atoms with Crippen molar-refractivity contribution in [3.8, 4) is 0 Å². The maximum Gasteiger partial charge on any atom is 0.0843 e. The smallest absolute Gasteiger partial charge is 0.0843 e. The van der Waals surface area contributed by atoms with Crippen LogP contribution in [-0.4, -0.2) is 6.54 Å². The number of thiophene rings is 2. The minimum Gasteiger partial charge on any atom is -0.309 e. The van der Waals surface area contributed by atoms with Crippen molar-refractivity contribution < 1.29 is 0 Å². The molecule has 2 aromatic heterocycles. The van der Waals surface area contributed by atoms with Crippen LogP contribution in [0.4, 0.5) is 0 Å². The molecule has 0 radical (unpaired) electrons. The molecule has 2 rings (SSSR count). The first-order valence-corrected chi connectivity index (χ1v) is 10.1. The highest BCUT2D eigenvalue weighted by Gasteiger charge is 2.16. The molecule has 0 aliphatic heterocycles. The van der Waals surface area contributed by atoms with E-state index in [1.165, 1.54) is 14.2 Å². The van der Waals surface area contributed by atoms with Crippen molar-refractivity contribution in [1.82, 2.24) is 5.32 Å². The number of nitrogens with one attached hydrogen (secondary N) is 1. The zero-order valence-corrected chi connectivity index (χ0v) is 16.8. The standard InChI is InChI=1S/C13H14Br3NS2/c1-2-3-17-11(5-9-4-8(14)7-18-9)12-6-10(15)13(16)19-12/h4,6-7,11,17H,2-3,5H2,1H3. The van der Waals surface area contributed by atoms with Crippen LogP contribution in [0.5, 0.6) is 0 Å². The van der Waals surface area contributed by atoms with E-state index in [1.807, 2.05) is 11.3 Å². The van der Waals surface area contributed by atoms with Gasteiger partial charge in [0, 0.05) is 36.5 Å². The van der Waals surface area contributed by atoms with Crippen molar-refractivity contribution in [3.05, 3.63) is 40.0 Å². The molecule has 104 valence electrons. The summed E-state index contributed by atoms with van der Waals surface area (Å²) >= 11 is 14.3. The van der Waals surface area contributed by atoms with Crippen LogP contribution in [0.15, 0.2) is 30.2 Å². The molecule has 0 bridgehead atoms. The van der Waals surface area contributed by atoms with Gasteiger partial charge in [-0.2, -0.15) is 0 Å². The van der Waals surface area contributed by atoms with E-state index < -0.39 is 0 Å². The van der Waals surface area contributed by atoms with Crippen molar-refractivity contribution in [2.75, 3.05) is 6.54 Å². The molecule has 1 nitrogen and oxygen atoms in total. The first-order valence-electron chi connectivity index (χ1n) is 6.01. The fourth-order valence-corrected chi connectivity index (χ4v) is 5.45. The third-order valence-electron chi connectivity index (χ3n) is 2.68. The lowest BCUT2D eigenvalue weighted by Gasteiger charge is -2.16. The second kappa shape index (κ2) is 7.71. The van der Waals surface area contributed by atoms with Crippen molar-refractivity contribution in [3.63, 3.8) is 0 Å². The Morgan fingerprint density at radius 1 is 1.26 bits per heavy atom. The van der Waals surface area contributed by atoms with Gasteiger partial charge in [0.1, 0.15) is 0 Å². The van der Waals surface area contributed by atoms with Crippen LogP contribution in [-0.2, 0) is 6.42 Å². The van der Waals surface area contributed by atoms with Gasteiger partial charge in [-0.3, -0.25) is 0 Å². The highest BCUT2D eigenvalue weighted by Crippen LogP contribution is 2.37. The quantitative estimate of drug-likeness (QED) is 0.498. The highest BCUT2D eigenvalue weighted by atomic mass is 79.9. The molecular formula is C13H14Br3NS2. The van der Waals surface area contributed by atoms with Gasteiger partial charge in [-0.05, 0) is 72.9 Å². The third-order valence-corrected chi connectivity index (χ3v) is 7.77. The summed E-state index contributed by atoms with van der Waals surface area (Å²) in [6.07, 6.45) is 2.19. The zero-order valence-electron chi connectivity index (χ0n) is 10.4. The number of halogens is 3. The second-order valence-corrected chi connectivity index (χ2v) is 9.38. The maximum atomic E-state index is 3.64. The van der Waals surface area contributed by atoms with Gasteiger partial charge in [0.25, 0.3) is 0 Å². The van der Waals surface area contributed by atoms with Gasteiger partial charge < -0.3 is 5.32 Å². The van der Waals surface area contributed by atoms with E-state index in [2.05, 4.69) is 77.5 Å². The number of hydrogen-bond acceptors (Lipinski definition) is 3. The Balaban J connectivity index is 2.15. The van der Waals surface area contributed by atoms with Gasteiger partial charge in [-0.25, -0.2) is 0 Å². The van der Waals surface area contributed by atoms with Crippen molar-refractivity contribution >= 4 is 70.5 Å². The van der Waals surface area contributed by atoms with Crippen molar-refractivity contribution in [1.29, 1.82) is 0 Å². The van der Waals surface area contributed by atoms with Crippen LogP contribution in [0.1, 0.15) is 29.1 Å². The van der Waals surface area contributed by atoms with Gasteiger partial charge in [-0.15, -0.1) is 22.7 Å². The Morgan fingerprint density at radius 2 is 2.05 bits per heavy atom. The molecule has 1 unspecified atom stereocenters. The molecule has 1 N–H and O–H groups in total. The van der Waals surface area contributed by atoms with E-state index in [1.54, 1.807) is 11.3 Å². The third kappa shape index (κ3) is 4.64. The van der Waals surface area contributed by atoms with Gasteiger partial charge in [0.2, 0.25) is 0 Å². The van der Waals surface area contributed by atoms with Crippen LogP contribution in [0.2, 0.25) is 0 Å². The van der Waals surface area contributed by atoms with Crippen LogP contribution in [0.25, 0.3) is 0 Å². The summed E-state index contributed by atoms with van der Waals surface area (Å²) in [5.41, 5.74) is 0. The number of rotatable bonds is 6. The first-order chi connectivity index (χ1) is 9.10. The molecule has 0 saturated carbocycles.